The van der Waals surface area contributed by atoms with Gasteiger partial charge in [-0.1, -0.05) is 213 Å². The molecule has 0 saturated heterocycles. The van der Waals surface area contributed by atoms with Crippen molar-refractivity contribution < 1.29 is 25.5 Å². The number of hydrogen-bond acceptors (Lipinski definition) is 2. The van der Waals surface area contributed by atoms with Crippen molar-refractivity contribution in [3.63, 3.8) is 0 Å². The molecular weight excluding hydrogens is 1130 g/mol. The minimum atomic E-state index is -0.196. The number of fused-ring (bicyclic) bond motifs is 23. The second-order valence-electron chi connectivity index (χ2n) is 23.8. The minimum absolute atomic E-state index is 0. The predicted molar refractivity (Wildman–Crippen MR) is 324 cm³/mol. The zero-order valence-electron chi connectivity index (χ0n) is 45.6. The van der Waals surface area contributed by atoms with Gasteiger partial charge >= 0.3 is 0 Å². The first-order valence-corrected chi connectivity index (χ1v) is 26.8. The minimum Gasteiger partial charge on any atom is -0.510 e. The van der Waals surface area contributed by atoms with Gasteiger partial charge in [0.1, 0.15) is 5.65 Å². The molecule has 0 unspecified atom stereocenters. The molecule has 12 aromatic rings. The Morgan fingerprint density at radius 3 is 1.82 bits per heavy atom. The van der Waals surface area contributed by atoms with Crippen molar-refractivity contribution >= 4 is 82.1 Å². The summed E-state index contributed by atoms with van der Waals surface area (Å²) in [4.78, 5) is 5.66. The van der Waals surface area contributed by atoms with Gasteiger partial charge in [-0.2, -0.15) is 24.3 Å². The van der Waals surface area contributed by atoms with Crippen LogP contribution >= 0.6 is 0 Å². The van der Waals surface area contributed by atoms with E-state index in [1.54, 1.807) is 0 Å². The van der Waals surface area contributed by atoms with Gasteiger partial charge in [-0.15, -0.1) is 29.1 Å². The van der Waals surface area contributed by atoms with Crippen molar-refractivity contribution in [1.82, 2.24) is 18.5 Å². The number of nitrogens with zero attached hydrogens (tertiary/aromatic N) is 4. The third-order valence-corrected chi connectivity index (χ3v) is 15.5. The fraction of sp³-hybridized carbons (Fsp3) is 0.167. The summed E-state index contributed by atoms with van der Waals surface area (Å²) in [7, 11) is 0. The van der Waals surface area contributed by atoms with E-state index in [1.165, 1.54) is 22.3 Å². The summed E-state index contributed by atoms with van der Waals surface area (Å²) < 4.78 is 13.8. The molecule has 388 valence electrons. The van der Waals surface area contributed by atoms with Crippen LogP contribution < -0.4 is 0 Å². The van der Waals surface area contributed by atoms with Gasteiger partial charge in [0.15, 0.2) is 0 Å². The van der Waals surface area contributed by atoms with E-state index in [2.05, 4.69) is 276 Å². The fourth-order valence-electron chi connectivity index (χ4n) is 11.2. The van der Waals surface area contributed by atoms with Crippen LogP contribution in [0.25, 0.3) is 116 Å². The zero-order valence-corrected chi connectivity index (χ0v) is 47.9. The Labute approximate surface area is 470 Å². The Morgan fingerprint density at radius 1 is 0.436 bits per heavy atom. The molecule has 10 bridgehead atoms. The van der Waals surface area contributed by atoms with Gasteiger partial charge in [0, 0.05) is 49.5 Å². The molecule has 1 aliphatic heterocycles. The van der Waals surface area contributed by atoms with E-state index in [4.69, 9.17) is 9.40 Å². The van der Waals surface area contributed by atoms with Gasteiger partial charge in [-0.25, -0.2) is 4.98 Å². The van der Waals surface area contributed by atoms with Crippen molar-refractivity contribution in [3.8, 4) is 33.6 Å². The number of rotatable bonds is 2. The van der Waals surface area contributed by atoms with Crippen LogP contribution in [0.5, 0.6) is 0 Å². The molecule has 9 aromatic carbocycles. The molecule has 0 radical (unpaired) electrons. The van der Waals surface area contributed by atoms with Crippen molar-refractivity contribution in [2.75, 3.05) is 0 Å². The number of imidazole rings is 1. The van der Waals surface area contributed by atoms with E-state index in [9.17, 15) is 0 Å². The average Bonchev–Trinajstić information content (AvgIpc) is 4.16. The molecule has 0 spiro atoms. The largest absolute Gasteiger partial charge is 0.510 e. The molecule has 6 heteroatoms. The van der Waals surface area contributed by atoms with Crippen LogP contribution in [0, 0.1) is 12.1 Å². The Morgan fingerprint density at radius 2 is 1.08 bits per heavy atom. The first-order chi connectivity index (χ1) is 37.0. The second kappa shape index (κ2) is 19.1. The topological polar surface area (TPSA) is 40.3 Å². The normalized spacial score (nSPS) is 12.3. The summed E-state index contributed by atoms with van der Waals surface area (Å²) in [6.45, 7) is 20.5. The molecule has 0 fully saturated rings. The van der Waals surface area contributed by atoms with Gasteiger partial charge in [-0.05, 0) is 123 Å². The molecule has 1 aliphatic rings. The molecule has 0 atom stereocenters. The Balaban J connectivity index is 0.00000609. The van der Waals surface area contributed by atoms with Crippen LogP contribution in [-0.2, 0) is 37.3 Å². The number of benzene rings is 9. The van der Waals surface area contributed by atoms with E-state index < -0.39 is 0 Å². The number of para-hydroxylation sites is 2. The SMILES string of the molecule is CC(C)(C)c1ccc(-c2ccc3c(c2)c2ccc4[c-]c2n3c2cc(C(C)(C)C)cc(n2)c2cccc(c2)c2ccccc2c2cc(C(C)(C)C)cc(-c3ccccc3)c2n2[cH-]n(c3[c-]c(ccc3)o4)-c3ccccc3-2)cc1.[Pt]. The standard InChI is InChI=1S/C72H61N4O.Pt/c1-70(2,3)51-32-29-46(30-33-51)48-31-36-64-61(38-48)59-35-34-56-44-67(59)76(64)68-42-53(72(7,8)9)41-63(73-68)50-22-17-21-49(37-50)57-25-13-14-26-58(57)62-40-52(71(4,5)6)39-60(47-19-11-10-12-20-47)69(62)75-45-74(65-27-15-16-28-66(65)75)54-23-18-24-55(43-54)77-56;/h10-42,45H,1-9H3;/q-3;. The Hall–Kier alpha value is -8.11. The van der Waals surface area contributed by atoms with E-state index in [0.29, 0.717) is 11.2 Å². The smallest absolute Gasteiger partial charge is 0.136 e. The third kappa shape index (κ3) is 8.98. The average molecular weight is 1190 g/mol. The zero-order chi connectivity index (χ0) is 53.0. The summed E-state index contributed by atoms with van der Waals surface area (Å²) in [5.74, 6) is 0. The van der Waals surface area contributed by atoms with Gasteiger partial charge in [0.2, 0.25) is 0 Å². The van der Waals surface area contributed by atoms with Gasteiger partial charge in [0.25, 0.3) is 0 Å². The summed E-state index contributed by atoms with van der Waals surface area (Å²) in [6.07, 6.45) is 2.23. The van der Waals surface area contributed by atoms with Crippen molar-refractivity contribution in [3.05, 3.63) is 235 Å². The second-order valence-corrected chi connectivity index (χ2v) is 23.8. The Kier molecular flexibility index (Phi) is 12.4. The molecule has 0 amide bonds. The summed E-state index contributed by atoms with van der Waals surface area (Å²) in [5, 5.41) is 7.72. The maximum absolute atomic E-state index is 6.88. The molecule has 5 nitrogen and oxygen atoms in total. The molecule has 13 rings (SSSR count). The van der Waals surface area contributed by atoms with Crippen LogP contribution in [0.4, 0.5) is 0 Å². The van der Waals surface area contributed by atoms with Gasteiger partial charge in [0.05, 0.1) is 5.52 Å². The number of pyridine rings is 1. The van der Waals surface area contributed by atoms with Crippen molar-refractivity contribution in [2.24, 2.45) is 0 Å². The first kappa shape index (κ1) is 50.7. The summed E-state index contributed by atoms with van der Waals surface area (Å²) in [6, 6.07) is 80.4. The first-order valence-electron chi connectivity index (χ1n) is 26.8. The molecule has 78 heavy (non-hydrogen) atoms. The van der Waals surface area contributed by atoms with Gasteiger partial charge < -0.3 is 18.0 Å². The molecule has 0 aliphatic carbocycles. The van der Waals surface area contributed by atoms with Crippen LogP contribution in [0.3, 0.4) is 0 Å². The molecule has 0 saturated carbocycles. The van der Waals surface area contributed by atoms with Crippen LogP contribution in [0.1, 0.15) is 79.0 Å². The third-order valence-electron chi connectivity index (χ3n) is 15.5. The van der Waals surface area contributed by atoms with E-state index >= 15 is 0 Å². The number of hydrogen-bond donors (Lipinski definition) is 0. The van der Waals surface area contributed by atoms with E-state index in [-0.39, 0.29) is 37.3 Å². The molecular formula is C72H61N4OPt-3. The number of aromatic nitrogens is 4. The summed E-state index contributed by atoms with van der Waals surface area (Å²) >= 11 is 0. The molecule has 4 heterocycles. The summed E-state index contributed by atoms with van der Waals surface area (Å²) in [5.41, 5.74) is 16.9. The maximum atomic E-state index is 6.88. The fourth-order valence-corrected chi connectivity index (χ4v) is 11.2. The predicted octanol–water partition coefficient (Wildman–Crippen LogP) is 19.4. The quantitative estimate of drug-likeness (QED) is 0.162. The monoisotopic (exact) mass is 1190 g/mol. The van der Waals surface area contributed by atoms with E-state index in [0.717, 1.165) is 99.0 Å². The van der Waals surface area contributed by atoms with Crippen molar-refractivity contribution in [2.45, 2.75) is 78.6 Å². The van der Waals surface area contributed by atoms with Crippen LogP contribution in [-0.4, -0.2) is 18.5 Å². The van der Waals surface area contributed by atoms with Crippen LogP contribution in [0.15, 0.2) is 211 Å². The molecule has 0 N–H and O–H groups in total. The van der Waals surface area contributed by atoms with Crippen molar-refractivity contribution in [1.29, 1.82) is 0 Å². The van der Waals surface area contributed by atoms with Crippen LogP contribution in [0.2, 0.25) is 0 Å². The molecule has 3 aromatic heterocycles. The Bertz CT molecular complexity index is 4610. The van der Waals surface area contributed by atoms with E-state index in [1.807, 2.05) is 18.2 Å². The maximum Gasteiger partial charge on any atom is 0.136 e. The van der Waals surface area contributed by atoms with Gasteiger partial charge in [-0.3, -0.25) is 0 Å².